The molecule has 0 amide bonds. The number of carbonyl (C=O) groups excluding carboxylic acids is 1. The Morgan fingerprint density at radius 1 is 1.25 bits per heavy atom. The van der Waals surface area contributed by atoms with Crippen LogP contribution in [-0.4, -0.2) is 31.0 Å². The van der Waals surface area contributed by atoms with Gasteiger partial charge in [0.25, 0.3) is 0 Å². The van der Waals surface area contributed by atoms with Gasteiger partial charge in [-0.05, 0) is 39.5 Å². The van der Waals surface area contributed by atoms with Crippen LogP contribution in [0.15, 0.2) is 0 Å². The molecule has 0 aliphatic rings. The zero-order valence-corrected chi connectivity index (χ0v) is 12.6. The van der Waals surface area contributed by atoms with E-state index in [1.807, 2.05) is 13.8 Å². The summed E-state index contributed by atoms with van der Waals surface area (Å²) in [4.78, 5) is 11.4. The number of hydrogen-bond acceptors (Lipinski definition) is 6. The molecule has 0 aliphatic carbocycles. The first-order valence-electron chi connectivity index (χ1n) is 5.23. The molecule has 0 aliphatic heterocycles. The van der Waals surface area contributed by atoms with Crippen LogP contribution in [0.5, 0.6) is 0 Å². The van der Waals surface area contributed by atoms with Crippen molar-refractivity contribution in [1.29, 1.82) is 0 Å². The van der Waals surface area contributed by atoms with Crippen LogP contribution in [0.3, 0.4) is 0 Å². The van der Waals surface area contributed by atoms with Gasteiger partial charge in [0.2, 0.25) is 5.69 Å². The summed E-state index contributed by atoms with van der Waals surface area (Å²) in [5.41, 5.74) is -2.40. The highest BCUT2D eigenvalue weighted by Gasteiger charge is 2.27. The van der Waals surface area contributed by atoms with Gasteiger partial charge in [0.15, 0.2) is 0 Å². The van der Waals surface area contributed by atoms with Gasteiger partial charge in [-0.2, -0.15) is 0 Å². The van der Waals surface area contributed by atoms with Crippen LogP contribution < -0.4 is 0 Å². The molecule has 0 aromatic rings. The minimum Gasteiger partial charge on any atom is -0.465 e. The van der Waals surface area contributed by atoms with Crippen LogP contribution in [0, 0.1) is 0 Å². The van der Waals surface area contributed by atoms with Crippen molar-refractivity contribution in [2.45, 2.75) is 32.9 Å². The predicted molar refractivity (Wildman–Crippen MR) is 71.2 cm³/mol. The van der Waals surface area contributed by atoms with Gasteiger partial charge in [-0.1, -0.05) is 11.4 Å². The highest BCUT2D eigenvalue weighted by atomic mass is 32.9. The molecule has 7 heteroatoms. The van der Waals surface area contributed by atoms with Gasteiger partial charge in [-0.3, -0.25) is 4.79 Å². The molecule has 96 valence electrons. The molecular formula is C9H19O4PS2. The molecule has 0 fully saturated rings. The van der Waals surface area contributed by atoms with Gasteiger partial charge in [0.1, 0.15) is 5.25 Å². The molecule has 0 rings (SSSR count). The van der Waals surface area contributed by atoms with Crippen molar-refractivity contribution in [3.8, 4) is 0 Å². The van der Waals surface area contributed by atoms with Crippen molar-refractivity contribution in [2.24, 2.45) is 0 Å². The van der Waals surface area contributed by atoms with Crippen LogP contribution in [0.2, 0.25) is 0 Å². The molecule has 0 N–H and O–H groups in total. The van der Waals surface area contributed by atoms with Gasteiger partial charge in [0.05, 0.1) is 19.8 Å². The van der Waals surface area contributed by atoms with Crippen LogP contribution in [0.4, 0.5) is 0 Å². The largest absolute Gasteiger partial charge is 0.465 e. The molecule has 0 spiro atoms. The second-order valence-electron chi connectivity index (χ2n) is 2.78. The summed E-state index contributed by atoms with van der Waals surface area (Å²) in [6, 6.07) is 0. The summed E-state index contributed by atoms with van der Waals surface area (Å²) in [6.45, 7) is 8.58. The van der Waals surface area contributed by atoms with Crippen LogP contribution in [0.25, 0.3) is 0 Å². The van der Waals surface area contributed by atoms with Gasteiger partial charge in [-0.15, -0.1) is 0 Å². The van der Waals surface area contributed by atoms with E-state index in [1.54, 1.807) is 13.8 Å². The Balaban J connectivity index is 4.38. The zero-order valence-electron chi connectivity index (χ0n) is 10.1. The number of carbonyl (C=O) groups is 1. The fourth-order valence-electron chi connectivity index (χ4n) is 0.911. The topological polar surface area (TPSA) is 44.8 Å². The lowest BCUT2D eigenvalue weighted by Gasteiger charge is -2.22. The normalized spacial score (nSPS) is 13.5. The number of esters is 1. The Kier molecular flexibility index (Phi) is 8.68. The van der Waals surface area contributed by atoms with Crippen molar-refractivity contribution in [3.05, 3.63) is 0 Å². The number of hydrogen-bond donors (Lipinski definition) is 0. The zero-order chi connectivity index (χ0) is 12.6. The van der Waals surface area contributed by atoms with Crippen molar-refractivity contribution in [2.75, 3.05) is 19.8 Å². The van der Waals surface area contributed by atoms with E-state index in [-0.39, 0.29) is 11.2 Å². The lowest BCUT2D eigenvalue weighted by atomic mass is 10.5. The summed E-state index contributed by atoms with van der Waals surface area (Å²) in [7, 11) is 0. The molecule has 0 radical (unpaired) electrons. The maximum atomic E-state index is 11.4. The maximum Gasteiger partial charge on any atom is 0.319 e. The standard InChI is InChI=1S/C9H19O4PS2/c1-5-11-9(10)8(4)16-14(15,12-6-2)13-7-3/h8H,5-7H2,1-4H3/t8-/m0/s1. The second kappa shape index (κ2) is 8.48. The minimum absolute atomic E-state index is 0.277. The number of ether oxygens (including phenoxy) is 1. The Labute approximate surface area is 106 Å². The summed E-state index contributed by atoms with van der Waals surface area (Å²) in [5, 5.41) is -0.358. The van der Waals surface area contributed by atoms with E-state index in [0.717, 1.165) is 0 Å². The summed E-state index contributed by atoms with van der Waals surface area (Å²) in [6.07, 6.45) is 0. The highest BCUT2D eigenvalue weighted by molar-refractivity contribution is 8.68. The highest BCUT2D eigenvalue weighted by Crippen LogP contribution is 2.62. The molecule has 0 unspecified atom stereocenters. The summed E-state index contributed by atoms with van der Waals surface area (Å²) in [5.74, 6) is -0.277. The molecule has 1 atom stereocenters. The maximum absolute atomic E-state index is 11.4. The van der Waals surface area contributed by atoms with Crippen molar-refractivity contribution in [1.82, 2.24) is 0 Å². The predicted octanol–water partition coefficient (Wildman–Crippen LogP) is 2.97. The third kappa shape index (κ3) is 6.21. The molecule has 0 saturated heterocycles. The molecule has 0 aromatic carbocycles. The van der Waals surface area contributed by atoms with Gasteiger partial charge < -0.3 is 13.8 Å². The van der Waals surface area contributed by atoms with Crippen LogP contribution in [0.1, 0.15) is 27.7 Å². The van der Waals surface area contributed by atoms with E-state index in [4.69, 9.17) is 25.6 Å². The monoisotopic (exact) mass is 286 g/mol. The molecule has 0 aromatic heterocycles. The first kappa shape index (κ1) is 16.4. The Morgan fingerprint density at radius 3 is 2.12 bits per heavy atom. The summed E-state index contributed by atoms with van der Waals surface area (Å²) < 4.78 is 15.8. The molecule has 4 nitrogen and oxygen atoms in total. The van der Waals surface area contributed by atoms with Gasteiger partial charge in [-0.25, -0.2) is 0 Å². The van der Waals surface area contributed by atoms with E-state index in [9.17, 15) is 4.79 Å². The smallest absolute Gasteiger partial charge is 0.319 e. The first-order valence-corrected chi connectivity index (χ1v) is 9.35. The van der Waals surface area contributed by atoms with E-state index < -0.39 is 5.69 Å². The van der Waals surface area contributed by atoms with E-state index in [1.165, 1.54) is 11.4 Å². The van der Waals surface area contributed by atoms with Crippen LogP contribution in [-0.2, 0) is 30.4 Å². The van der Waals surface area contributed by atoms with Gasteiger partial charge in [0, 0.05) is 0 Å². The fourth-order valence-corrected chi connectivity index (χ4v) is 6.49. The molecule has 0 saturated carbocycles. The lowest BCUT2D eigenvalue weighted by Crippen LogP contribution is -2.17. The van der Waals surface area contributed by atoms with Crippen molar-refractivity contribution in [3.63, 3.8) is 0 Å². The van der Waals surface area contributed by atoms with Gasteiger partial charge >= 0.3 is 5.97 Å². The van der Waals surface area contributed by atoms with Crippen molar-refractivity contribution < 1.29 is 18.6 Å². The Morgan fingerprint density at radius 2 is 1.75 bits per heavy atom. The SMILES string of the molecule is CCOC(=O)[C@H](C)SP(=S)(OCC)OCC. The molecule has 0 heterocycles. The Hall–Kier alpha value is 0.390. The first-order chi connectivity index (χ1) is 7.49. The average Bonchev–Trinajstić information content (AvgIpc) is 2.18. The third-order valence-corrected chi connectivity index (χ3v) is 7.16. The van der Waals surface area contributed by atoms with Crippen LogP contribution >= 0.6 is 17.1 Å². The Bertz CT molecular complexity index is 250. The van der Waals surface area contributed by atoms with E-state index in [0.29, 0.717) is 19.8 Å². The quantitative estimate of drug-likeness (QED) is 0.505. The number of rotatable bonds is 8. The average molecular weight is 286 g/mol. The fraction of sp³-hybridized carbons (Fsp3) is 0.889. The summed E-state index contributed by atoms with van der Waals surface area (Å²) >= 11 is 6.55. The third-order valence-electron chi connectivity index (χ3n) is 1.48. The second-order valence-corrected chi connectivity index (χ2v) is 9.32. The minimum atomic E-state index is -2.40. The molecule has 16 heavy (non-hydrogen) atoms. The van der Waals surface area contributed by atoms with E-state index in [2.05, 4.69) is 0 Å². The van der Waals surface area contributed by atoms with Crippen molar-refractivity contribution >= 4 is 34.9 Å². The molecular weight excluding hydrogens is 267 g/mol. The van der Waals surface area contributed by atoms with E-state index >= 15 is 0 Å². The lowest BCUT2D eigenvalue weighted by molar-refractivity contribution is -0.142. The molecule has 0 bridgehead atoms.